The zero-order chi connectivity index (χ0) is 13.8. The molecule has 3 unspecified atom stereocenters. The molecule has 0 spiro atoms. The molecule has 2 rings (SSSR count). The zero-order valence-electron chi connectivity index (χ0n) is 11.2. The Morgan fingerprint density at radius 3 is 2.74 bits per heavy atom. The van der Waals surface area contributed by atoms with Gasteiger partial charge in [0.1, 0.15) is 0 Å². The van der Waals surface area contributed by atoms with Gasteiger partial charge in [-0.15, -0.1) is 0 Å². The van der Waals surface area contributed by atoms with Gasteiger partial charge in [0.05, 0.1) is 0 Å². The second-order valence-electron chi connectivity index (χ2n) is 5.47. The molecule has 1 saturated carbocycles. The molecule has 106 valence electrons. The van der Waals surface area contributed by atoms with Crippen molar-refractivity contribution < 1.29 is 14.4 Å². The van der Waals surface area contributed by atoms with Gasteiger partial charge in [0.25, 0.3) is 0 Å². The van der Waals surface area contributed by atoms with E-state index in [9.17, 15) is 14.4 Å². The van der Waals surface area contributed by atoms with Gasteiger partial charge < -0.3 is 16.0 Å². The molecule has 3 atom stereocenters. The van der Waals surface area contributed by atoms with Gasteiger partial charge in [0.2, 0.25) is 17.7 Å². The topological polar surface area (TPSA) is 87.3 Å². The quantitative estimate of drug-likeness (QED) is 0.630. The smallest absolute Gasteiger partial charge is 0.223 e. The highest BCUT2D eigenvalue weighted by Gasteiger charge is 2.38. The summed E-state index contributed by atoms with van der Waals surface area (Å²) in [5.74, 6) is 0.656. The first-order valence-electron chi connectivity index (χ1n) is 6.90. The molecule has 1 saturated heterocycles. The van der Waals surface area contributed by atoms with Gasteiger partial charge in [-0.25, -0.2) is 0 Å². The van der Waals surface area contributed by atoms with Gasteiger partial charge in [0.15, 0.2) is 0 Å². The maximum atomic E-state index is 11.6. The first kappa shape index (κ1) is 13.8. The third kappa shape index (κ3) is 4.22. The summed E-state index contributed by atoms with van der Waals surface area (Å²) in [4.78, 5) is 34.1. The molecule has 1 heterocycles. The fourth-order valence-electron chi connectivity index (χ4n) is 2.27. The molecule has 0 radical (unpaired) electrons. The molecule has 3 N–H and O–H groups in total. The van der Waals surface area contributed by atoms with Crippen molar-refractivity contribution in [3.63, 3.8) is 0 Å². The second kappa shape index (κ2) is 6.04. The number of hydrogen-bond donors (Lipinski definition) is 3. The molecule has 0 bridgehead atoms. The lowest BCUT2D eigenvalue weighted by atomic mass is 10.1. The van der Waals surface area contributed by atoms with Gasteiger partial charge in [0, 0.05) is 37.9 Å². The number of hydrogen-bond acceptors (Lipinski definition) is 3. The van der Waals surface area contributed by atoms with E-state index in [1.807, 2.05) is 6.92 Å². The maximum absolute atomic E-state index is 11.6. The predicted octanol–water partition coefficient (Wildman–Crippen LogP) is -0.456. The Bertz CT molecular complexity index is 373. The zero-order valence-corrected chi connectivity index (χ0v) is 11.2. The largest absolute Gasteiger partial charge is 0.355 e. The molecular formula is C13H21N3O3. The minimum absolute atomic E-state index is 0.0179. The van der Waals surface area contributed by atoms with E-state index >= 15 is 0 Å². The molecule has 1 aliphatic heterocycles. The van der Waals surface area contributed by atoms with Gasteiger partial charge in [-0.3, -0.25) is 14.4 Å². The minimum atomic E-state index is -0.0784. The Labute approximate surface area is 112 Å². The van der Waals surface area contributed by atoms with Crippen molar-refractivity contribution in [2.45, 2.75) is 38.6 Å². The van der Waals surface area contributed by atoms with Crippen molar-refractivity contribution in [2.75, 3.05) is 13.1 Å². The SMILES string of the molecule is CC1CC1C(=O)NCCC(=O)NC1CCC(=O)NC1. The highest BCUT2D eigenvalue weighted by molar-refractivity contribution is 5.82. The first-order valence-corrected chi connectivity index (χ1v) is 6.90. The summed E-state index contributed by atoms with van der Waals surface area (Å²) >= 11 is 0. The second-order valence-corrected chi connectivity index (χ2v) is 5.47. The Kier molecular flexibility index (Phi) is 4.39. The number of amides is 3. The summed E-state index contributed by atoms with van der Waals surface area (Å²) in [6.07, 6.45) is 2.39. The standard InChI is InChI=1S/C13H21N3O3/c1-8-6-10(8)13(19)14-5-4-12(18)16-9-2-3-11(17)15-7-9/h8-10H,2-7H2,1H3,(H,14,19)(H,15,17)(H,16,18). The van der Waals surface area contributed by atoms with E-state index in [0.717, 1.165) is 6.42 Å². The number of carbonyl (C=O) groups is 3. The highest BCUT2D eigenvalue weighted by atomic mass is 16.2. The number of nitrogens with one attached hydrogen (secondary N) is 3. The summed E-state index contributed by atoms with van der Waals surface area (Å²) < 4.78 is 0. The van der Waals surface area contributed by atoms with E-state index in [2.05, 4.69) is 16.0 Å². The molecule has 19 heavy (non-hydrogen) atoms. The van der Waals surface area contributed by atoms with Crippen LogP contribution in [0, 0.1) is 11.8 Å². The van der Waals surface area contributed by atoms with Crippen molar-refractivity contribution in [3.05, 3.63) is 0 Å². The van der Waals surface area contributed by atoms with Crippen molar-refractivity contribution in [2.24, 2.45) is 11.8 Å². The van der Waals surface area contributed by atoms with Crippen LogP contribution in [0.3, 0.4) is 0 Å². The van der Waals surface area contributed by atoms with Crippen LogP contribution in [0.5, 0.6) is 0 Å². The van der Waals surface area contributed by atoms with E-state index in [1.165, 1.54) is 0 Å². The van der Waals surface area contributed by atoms with Crippen LogP contribution >= 0.6 is 0 Å². The molecule has 6 nitrogen and oxygen atoms in total. The summed E-state index contributed by atoms with van der Waals surface area (Å²) in [6, 6.07) is 0.0179. The molecule has 3 amide bonds. The van der Waals surface area contributed by atoms with E-state index in [4.69, 9.17) is 0 Å². The maximum Gasteiger partial charge on any atom is 0.223 e. The Hall–Kier alpha value is -1.59. The van der Waals surface area contributed by atoms with Crippen LogP contribution in [0.25, 0.3) is 0 Å². The van der Waals surface area contributed by atoms with Crippen LogP contribution in [0.2, 0.25) is 0 Å². The predicted molar refractivity (Wildman–Crippen MR) is 69.1 cm³/mol. The Morgan fingerprint density at radius 1 is 1.42 bits per heavy atom. The monoisotopic (exact) mass is 267 g/mol. The van der Waals surface area contributed by atoms with E-state index in [1.54, 1.807) is 0 Å². The number of carbonyl (C=O) groups excluding carboxylic acids is 3. The fourth-order valence-corrected chi connectivity index (χ4v) is 2.27. The normalized spacial score (nSPS) is 29.3. The molecule has 1 aliphatic carbocycles. The molecule has 0 aromatic rings. The van der Waals surface area contributed by atoms with Crippen LogP contribution in [-0.4, -0.2) is 36.9 Å². The van der Waals surface area contributed by atoms with Crippen molar-refractivity contribution in [3.8, 4) is 0 Å². The molecule has 2 aliphatic rings. The van der Waals surface area contributed by atoms with Crippen LogP contribution in [0.1, 0.15) is 32.6 Å². The number of piperidine rings is 1. The highest BCUT2D eigenvalue weighted by Crippen LogP contribution is 2.37. The van der Waals surface area contributed by atoms with E-state index < -0.39 is 0 Å². The lowest BCUT2D eigenvalue weighted by molar-refractivity contribution is -0.126. The summed E-state index contributed by atoms with van der Waals surface area (Å²) in [6.45, 7) is 2.93. The fraction of sp³-hybridized carbons (Fsp3) is 0.769. The molecule has 2 fully saturated rings. The molecular weight excluding hydrogens is 246 g/mol. The summed E-state index contributed by atoms with van der Waals surface area (Å²) in [5.41, 5.74) is 0. The number of rotatable bonds is 5. The lowest BCUT2D eigenvalue weighted by Crippen LogP contribution is -2.48. The molecule has 0 aromatic heterocycles. The van der Waals surface area contributed by atoms with Gasteiger partial charge in [-0.2, -0.15) is 0 Å². The Balaban J connectivity index is 1.57. The summed E-state index contributed by atoms with van der Waals surface area (Å²) in [5, 5.41) is 8.36. The van der Waals surface area contributed by atoms with E-state index in [0.29, 0.717) is 31.8 Å². The molecule has 0 aromatic carbocycles. The van der Waals surface area contributed by atoms with Crippen LogP contribution < -0.4 is 16.0 Å². The van der Waals surface area contributed by atoms with Crippen molar-refractivity contribution in [1.29, 1.82) is 0 Å². The third-order valence-electron chi connectivity index (χ3n) is 3.73. The Morgan fingerprint density at radius 2 is 2.16 bits per heavy atom. The van der Waals surface area contributed by atoms with E-state index in [-0.39, 0.29) is 36.1 Å². The van der Waals surface area contributed by atoms with Crippen LogP contribution in [0.15, 0.2) is 0 Å². The van der Waals surface area contributed by atoms with Crippen molar-refractivity contribution >= 4 is 17.7 Å². The third-order valence-corrected chi connectivity index (χ3v) is 3.73. The first-order chi connectivity index (χ1) is 9.06. The van der Waals surface area contributed by atoms with Crippen LogP contribution in [-0.2, 0) is 14.4 Å². The average molecular weight is 267 g/mol. The van der Waals surface area contributed by atoms with Gasteiger partial charge in [-0.1, -0.05) is 6.92 Å². The van der Waals surface area contributed by atoms with Crippen LogP contribution in [0.4, 0.5) is 0 Å². The van der Waals surface area contributed by atoms with Gasteiger partial charge in [-0.05, 0) is 18.8 Å². The van der Waals surface area contributed by atoms with Gasteiger partial charge >= 0.3 is 0 Å². The van der Waals surface area contributed by atoms with Crippen molar-refractivity contribution in [1.82, 2.24) is 16.0 Å². The average Bonchev–Trinajstić information content (AvgIpc) is 3.09. The molecule has 6 heteroatoms. The lowest BCUT2D eigenvalue weighted by Gasteiger charge is -2.23. The summed E-state index contributed by atoms with van der Waals surface area (Å²) in [7, 11) is 0. The minimum Gasteiger partial charge on any atom is -0.355 e.